The molecule has 2 amide bonds. The van der Waals surface area contributed by atoms with Gasteiger partial charge >= 0.3 is 11.8 Å². The molecule has 11 nitrogen and oxygen atoms in total. The fourth-order valence-electron chi connectivity index (χ4n) is 7.65. The smallest absolute Gasteiger partial charge is 0.410 e. The number of carbonyl (C=O) groups is 2. The minimum absolute atomic E-state index is 0.147. The number of H-pyrrole nitrogens is 1. The van der Waals surface area contributed by atoms with Crippen LogP contribution in [-0.2, 0) is 16.0 Å². The number of piperidine rings is 3. The molecule has 0 spiro atoms. The Morgan fingerprint density at radius 3 is 2.09 bits per heavy atom. The Bertz CT molecular complexity index is 1570. The predicted octanol–water partition coefficient (Wildman–Crippen LogP) is 4.53. The Balaban J connectivity index is 1.10. The molecule has 252 valence electrons. The quantitative estimate of drug-likeness (QED) is 0.388. The number of nitrogens with zero attached hydrogens (tertiary/aromatic N) is 5. The van der Waals surface area contributed by atoms with Gasteiger partial charge in [-0.1, -0.05) is 42.5 Å². The van der Waals surface area contributed by atoms with Crippen LogP contribution in [0.5, 0.6) is 5.75 Å². The molecular weight excluding hydrogens is 596 g/mol. The highest BCUT2D eigenvalue weighted by molar-refractivity contribution is 5.84. The van der Waals surface area contributed by atoms with E-state index in [4.69, 9.17) is 4.74 Å². The van der Waals surface area contributed by atoms with Gasteiger partial charge in [0.25, 0.3) is 5.91 Å². The van der Waals surface area contributed by atoms with Crippen molar-refractivity contribution in [3.8, 4) is 17.1 Å². The molecule has 2 aromatic carbocycles. The molecule has 1 atom stereocenters. The van der Waals surface area contributed by atoms with Crippen LogP contribution in [0.3, 0.4) is 0 Å². The molecule has 3 fully saturated rings. The van der Waals surface area contributed by atoms with E-state index in [1.54, 1.807) is 4.90 Å². The van der Waals surface area contributed by atoms with Gasteiger partial charge < -0.3 is 24.5 Å². The van der Waals surface area contributed by atoms with E-state index in [9.17, 15) is 19.5 Å². The van der Waals surface area contributed by atoms with Crippen LogP contribution < -0.4 is 5.69 Å². The Morgan fingerprint density at radius 1 is 0.894 bits per heavy atom. The van der Waals surface area contributed by atoms with Crippen LogP contribution in [0, 0.1) is 25.7 Å². The summed E-state index contributed by atoms with van der Waals surface area (Å²) in [5.74, 6) is 1.94. The summed E-state index contributed by atoms with van der Waals surface area (Å²) in [6.07, 6.45) is 4.24. The molecule has 11 heteroatoms. The highest BCUT2D eigenvalue weighted by Gasteiger charge is 2.36. The monoisotopic (exact) mass is 644 g/mol. The number of phenols is 1. The summed E-state index contributed by atoms with van der Waals surface area (Å²) in [6.45, 7) is 8.07. The second kappa shape index (κ2) is 14.3. The van der Waals surface area contributed by atoms with Crippen LogP contribution in [0.15, 0.2) is 47.3 Å². The number of phenolic OH excluding ortho intramolecular Hbond substituents is 1. The van der Waals surface area contributed by atoms with E-state index >= 15 is 0 Å². The third kappa shape index (κ3) is 7.56. The first-order chi connectivity index (χ1) is 22.7. The highest BCUT2D eigenvalue weighted by atomic mass is 16.6. The zero-order chi connectivity index (χ0) is 33.1. The number of benzene rings is 2. The molecule has 0 saturated carbocycles. The summed E-state index contributed by atoms with van der Waals surface area (Å²) in [5.41, 5.74) is 2.86. The van der Waals surface area contributed by atoms with Crippen molar-refractivity contribution < 1.29 is 19.4 Å². The Hall–Kier alpha value is -4.12. The molecule has 3 saturated heterocycles. The fraction of sp³-hybridized carbons (Fsp3) is 0.556. The maximum absolute atomic E-state index is 14.0. The van der Waals surface area contributed by atoms with E-state index in [1.807, 2.05) is 61.2 Å². The number of aromatic hydroxyl groups is 1. The van der Waals surface area contributed by atoms with Crippen LogP contribution in [0.25, 0.3) is 11.4 Å². The molecule has 1 aromatic heterocycles. The lowest BCUT2D eigenvalue weighted by Gasteiger charge is -2.40. The van der Waals surface area contributed by atoms with Gasteiger partial charge in [-0.2, -0.15) is 0 Å². The summed E-state index contributed by atoms with van der Waals surface area (Å²) in [5, 5.41) is 14.9. The molecule has 3 aromatic rings. The maximum atomic E-state index is 14.0. The van der Waals surface area contributed by atoms with Crippen LogP contribution in [0.2, 0.25) is 0 Å². The van der Waals surface area contributed by atoms with Crippen molar-refractivity contribution in [1.82, 2.24) is 29.5 Å². The van der Waals surface area contributed by atoms with E-state index in [0.717, 1.165) is 48.2 Å². The molecule has 6 rings (SSSR count). The van der Waals surface area contributed by atoms with Crippen molar-refractivity contribution in [2.24, 2.45) is 11.8 Å². The van der Waals surface area contributed by atoms with E-state index in [0.29, 0.717) is 56.7 Å². The minimum Gasteiger partial charge on any atom is -0.507 e. The SMILES string of the molecule is Cc1cc(C[C@@H](OC(=O)N2CCC(n3nc(-c4ccccc4)[nH]c3=O)CC2)C(=O)N2CCC(C3CCN(C)CC3)CC2)cc(C)c1O. The summed E-state index contributed by atoms with van der Waals surface area (Å²) in [7, 11) is 2.18. The van der Waals surface area contributed by atoms with Crippen molar-refractivity contribution in [3.05, 3.63) is 69.6 Å². The number of ether oxygens (including phenoxy) is 1. The van der Waals surface area contributed by atoms with Gasteiger partial charge in [0.15, 0.2) is 11.9 Å². The number of carbonyl (C=O) groups excluding carboxylic acids is 2. The molecule has 4 heterocycles. The zero-order valence-corrected chi connectivity index (χ0v) is 27.9. The molecule has 2 N–H and O–H groups in total. The normalized spacial score (nSPS) is 19.6. The lowest BCUT2D eigenvalue weighted by Crippen LogP contribution is -2.49. The van der Waals surface area contributed by atoms with E-state index in [-0.39, 0.29) is 29.8 Å². The maximum Gasteiger partial charge on any atom is 0.410 e. The van der Waals surface area contributed by atoms with Crippen molar-refractivity contribution in [3.63, 3.8) is 0 Å². The molecule has 3 aliphatic heterocycles. The standard InChI is InChI=1S/C36H48N6O5/c1-24-21-26(22-25(2)32(24)43)23-31(34(44)40-17-11-28(12-18-40)27-9-15-39(3)16-10-27)47-36(46)41-19-13-30(14-20-41)42-35(45)37-33(38-42)29-7-5-4-6-8-29/h4-8,21-22,27-28,30-31,43H,9-20,23H2,1-3H3,(H,37,38,45)/t31-/m1/s1. The Labute approximate surface area is 276 Å². The molecule has 0 unspecified atom stereocenters. The Kier molecular flexibility index (Phi) is 10.0. The number of hydrogen-bond donors (Lipinski definition) is 2. The predicted molar refractivity (Wildman–Crippen MR) is 179 cm³/mol. The van der Waals surface area contributed by atoms with E-state index in [1.165, 1.54) is 17.5 Å². The number of aromatic nitrogens is 3. The second-order valence-electron chi connectivity index (χ2n) is 13.8. The summed E-state index contributed by atoms with van der Waals surface area (Å²) in [4.78, 5) is 49.1. The minimum atomic E-state index is -0.967. The average Bonchev–Trinajstić information content (AvgIpc) is 3.48. The molecule has 3 aliphatic rings. The third-order valence-corrected chi connectivity index (χ3v) is 10.5. The van der Waals surface area contributed by atoms with Gasteiger partial charge in [0, 0.05) is 38.2 Å². The summed E-state index contributed by atoms with van der Waals surface area (Å²) in [6, 6.07) is 13.1. The number of likely N-dealkylation sites (tertiary alicyclic amines) is 3. The van der Waals surface area contributed by atoms with Crippen molar-refractivity contribution >= 4 is 12.0 Å². The van der Waals surface area contributed by atoms with Gasteiger partial charge in [0.05, 0.1) is 6.04 Å². The van der Waals surface area contributed by atoms with Crippen LogP contribution in [0.4, 0.5) is 4.79 Å². The zero-order valence-electron chi connectivity index (χ0n) is 27.9. The first kappa shape index (κ1) is 32.8. The Morgan fingerprint density at radius 2 is 1.47 bits per heavy atom. The van der Waals surface area contributed by atoms with Crippen molar-refractivity contribution in [1.29, 1.82) is 0 Å². The molecule has 0 aliphatic carbocycles. The molecule has 0 radical (unpaired) electrons. The van der Waals surface area contributed by atoms with Gasteiger partial charge in [-0.25, -0.2) is 14.3 Å². The summed E-state index contributed by atoms with van der Waals surface area (Å²) < 4.78 is 7.53. The third-order valence-electron chi connectivity index (χ3n) is 10.5. The van der Waals surface area contributed by atoms with Crippen LogP contribution in [0.1, 0.15) is 61.3 Å². The van der Waals surface area contributed by atoms with E-state index < -0.39 is 12.2 Å². The van der Waals surface area contributed by atoms with Gasteiger partial charge in [0.1, 0.15) is 5.75 Å². The molecule has 0 bridgehead atoms. The van der Waals surface area contributed by atoms with Crippen molar-refractivity contribution in [2.45, 2.75) is 70.9 Å². The number of aryl methyl sites for hydroxylation is 2. The molecular formula is C36H48N6O5. The topological polar surface area (TPSA) is 124 Å². The second-order valence-corrected chi connectivity index (χ2v) is 13.8. The van der Waals surface area contributed by atoms with Gasteiger partial charge in [-0.3, -0.25) is 9.78 Å². The lowest BCUT2D eigenvalue weighted by atomic mass is 9.79. The van der Waals surface area contributed by atoms with Crippen LogP contribution in [-0.4, -0.2) is 99.0 Å². The first-order valence-electron chi connectivity index (χ1n) is 17.1. The van der Waals surface area contributed by atoms with E-state index in [2.05, 4.69) is 22.0 Å². The van der Waals surface area contributed by atoms with Gasteiger partial charge in [-0.15, -0.1) is 5.10 Å². The first-order valence-corrected chi connectivity index (χ1v) is 17.1. The number of nitrogens with one attached hydrogen (secondary N) is 1. The van der Waals surface area contributed by atoms with Gasteiger partial charge in [0.2, 0.25) is 0 Å². The van der Waals surface area contributed by atoms with Gasteiger partial charge in [-0.05, 0) is 101 Å². The largest absolute Gasteiger partial charge is 0.507 e. The summed E-state index contributed by atoms with van der Waals surface area (Å²) >= 11 is 0. The molecule has 47 heavy (non-hydrogen) atoms. The average molecular weight is 645 g/mol. The number of aromatic amines is 1. The van der Waals surface area contributed by atoms with Crippen molar-refractivity contribution in [2.75, 3.05) is 46.3 Å². The van der Waals surface area contributed by atoms with Crippen LogP contribution >= 0.6 is 0 Å². The highest BCUT2D eigenvalue weighted by Crippen LogP contribution is 2.33. The lowest BCUT2D eigenvalue weighted by molar-refractivity contribution is -0.142. The number of rotatable bonds is 7. The number of amides is 2. The number of hydrogen-bond acceptors (Lipinski definition) is 7. The fourth-order valence-corrected chi connectivity index (χ4v) is 7.65.